The number of anilines is 1. The minimum atomic E-state index is -1.08. The first-order chi connectivity index (χ1) is 15.8. The first-order valence-corrected chi connectivity index (χ1v) is 9.64. The highest BCUT2D eigenvalue weighted by Crippen LogP contribution is 2.25. The third-order valence-corrected chi connectivity index (χ3v) is 4.72. The smallest absolute Gasteiger partial charge is 0.335 e. The Kier molecular flexibility index (Phi) is 5.73. The number of hydrogen-bond acceptors (Lipinski definition) is 5. The Balaban J connectivity index is 1.47. The monoisotopic (exact) mass is 449 g/mol. The maximum atomic E-state index is 13.7. The molecule has 33 heavy (non-hydrogen) atoms. The maximum Gasteiger partial charge on any atom is 0.335 e. The number of carboxylic acids is 1. The molecule has 3 N–H and O–H groups in total. The van der Waals surface area contributed by atoms with Crippen molar-refractivity contribution >= 4 is 35.6 Å². The number of rotatable bonds is 6. The van der Waals surface area contributed by atoms with Crippen molar-refractivity contribution in [2.24, 2.45) is 0 Å². The zero-order chi connectivity index (χ0) is 23.5. The van der Waals surface area contributed by atoms with Gasteiger partial charge < -0.3 is 20.2 Å². The number of nitrogens with zero attached hydrogens (tertiary/aromatic N) is 1. The van der Waals surface area contributed by atoms with Gasteiger partial charge in [-0.3, -0.25) is 9.59 Å². The molecule has 1 saturated heterocycles. The SMILES string of the molecule is O=C(CN1C(=O)NC(=Cc2ccc(-c3cccc(C(=O)O)c3)o2)C1=O)Nc1ccccc1F. The lowest BCUT2D eigenvalue weighted by atomic mass is 10.1. The van der Waals surface area contributed by atoms with E-state index in [1.54, 1.807) is 24.3 Å². The predicted octanol–water partition coefficient (Wildman–Crippen LogP) is 3.32. The Labute approximate surface area is 186 Å². The highest BCUT2D eigenvalue weighted by Gasteiger charge is 2.35. The average molecular weight is 449 g/mol. The van der Waals surface area contributed by atoms with Gasteiger partial charge in [0, 0.05) is 11.6 Å². The third kappa shape index (κ3) is 4.64. The summed E-state index contributed by atoms with van der Waals surface area (Å²) in [6.45, 7) is -0.609. The number of carbonyl (C=O) groups is 4. The number of halogens is 1. The summed E-state index contributed by atoms with van der Waals surface area (Å²) in [4.78, 5) is 48.8. The number of carboxylic acid groups (broad SMARTS) is 1. The van der Waals surface area contributed by atoms with Crippen molar-refractivity contribution in [2.45, 2.75) is 0 Å². The lowest BCUT2D eigenvalue weighted by Gasteiger charge is -2.12. The van der Waals surface area contributed by atoms with Gasteiger partial charge in [0.1, 0.15) is 29.6 Å². The summed E-state index contributed by atoms with van der Waals surface area (Å²) in [7, 11) is 0. The largest absolute Gasteiger partial charge is 0.478 e. The summed E-state index contributed by atoms with van der Waals surface area (Å²) >= 11 is 0. The van der Waals surface area contributed by atoms with Crippen LogP contribution in [0.5, 0.6) is 0 Å². The number of amides is 4. The van der Waals surface area contributed by atoms with Crippen LogP contribution in [0.2, 0.25) is 0 Å². The van der Waals surface area contributed by atoms with Gasteiger partial charge >= 0.3 is 12.0 Å². The van der Waals surface area contributed by atoms with Crippen LogP contribution in [0.3, 0.4) is 0 Å². The van der Waals surface area contributed by atoms with E-state index < -0.39 is 36.2 Å². The van der Waals surface area contributed by atoms with Gasteiger partial charge in [0.05, 0.1) is 11.3 Å². The van der Waals surface area contributed by atoms with Crippen LogP contribution in [-0.2, 0) is 9.59 Å². The Morgan fingerprint density at radius 3 is 2.64 bits per heavy atom. The second-order valence-electron chi connectivity index (χ2n) is 7.00. The highest BCUT2D eigenvalue weighted by molar-refractivity contribution is 6.15. The van der Waals surface area contributed by atoms with Crippen molar-refractivity contribution in [3.63, 3.8) is 0 Å². The second kappa shape index (κ2) is 8.79. The van der Waals surface area contributed by atoms with Gasteiger partial charge in [-0.2, -0.15) is 0 Å². The number of aromatic carboxylic acids is 1. The number of urea groups is 1. The molecule has 1 aromatic heterocycles. The molecule has 1 fully saturated rings. The number of carbonyl (C=O) groups excluding carboxylic acids is 3. The lowest BCUT2D eigenvalue weighted by molar-refractivity contribution is -0.127. The summed E-state index contributed by atoms with van der Waals surface area (Å²) in [5.74, 6) is -2.64. The van der Waals surface area contributed by atoms with E-state index in [2.05, 4.69) is 10.6 Å². The zero-order valence-corrected chi connectivity index (χ0v) is 16.9. The van der Waals surface area contributed by atoms with E-state index in [-0.39, 0.29) is 22.7 Å². The molecule has 10 heteroatoms. The van der Waals surface area contributed by atoms with Crippen molar-refractivity contribution in [2.75, 3.05) is 11.9 Å². The average Bonchev–Trinajstić information content (AvgIpc) is 3.36. The van der Waals surface area contributed by atoms with Gasteiger partial charge in [-0.15, -0.1) is 0 Å². The van der Waals surface area contributed by atoms with Gasteiger partial charge in [-0.1, -0.05) is 24.3 Å². The summed E-state index contributed by atoms with van der Waals surface area (Å²) in [6, 6.07) is 14.0. The minimum Gasteiger partial charge on any atom is -0.478 e. The second-order valence-corrected chi connectivity index (χ2v) is 7.00. The molecule has 4 amide bonds. The van der Waals surface area contributed by atoms with Crippen LogP contribution in [0, 0.1) is 5.82 Å². The Hall–Kier alpha value is -4.73. The molecule has 2 heterocycles. The first kappa shape index (κ1) is 21.5. The van der Waals surface area contributed by atoms with Crippen molar-refractivity contribution in [3.05, 3.63) is 83.5 Å². The van der Waals surface area contributed by atoms with E-state index in [1.165, 1.54) is 42.5 Å². The van der Waals surface area contributed by atoms with Gasteiger partial charge in [0.2, 0.25) is 5.91 Å². The van der Waals surface area contributed by atoms with E-state index in [0.717, 1.165) is 0 Å². The molecule has 166 valence electrons. The van der Waals surface area contributed by atoms with E-state index in [9.17, 15) is 23.6 Å². The molecule has 0 radical (unpaired) electrons. The third-order valence-electron chi connectivity index (χ3n) is 4.72. The van der Waals surface area contributed by atoms with Gasteiger partial charge in [-0.25, -0.2) is 18.9 Å². The predicted molar refractivity (Wildman–Crippen MR) is 114 cm³/mol. The molecule has 3 aromatic rings. The van der Waals surface area contributed by atoms with Crippen molar-refractivity contribution < 1.29 is 33.1 Å². The molecule has 0 atom stereocenters. The molecular formula is C23H16FN3O6. The number of para-hydroxylation sites is 1. The molecule has 0 unspecified atom stereocenters. The Morgan fingerprint density at radius 2 is 1.88 bits per heavy atom. The molecule has 1 aliphatic rings. The van der Waals surface area contributed by atoms with Gasteiger partial charge in [0.25, 0.3) is 5.91 Å². The van der Waals surface area contributed by atoms with E-state index in [1.807, 2.05) is 0 Å². The fourth-order valence-corrected chi connectivity index (χ4v) is 3.14. The summed E-state index contributed by atoms with van der Waals surface area (Å²) < 4.78 is 19.3. The molecule has 9 nitrogen and oxygen atoms in total. The normalized spacial score (nSPS) is 14.5. The van der Waals surface area contributed by atoms with Crippen LogP contribution in [0.15, 0.2) is 70.8 Å². The van der Waals surface area contributed by atoms with Gasteiger partial charge in [-0.05, 0) is 36.4 Å². The zero-order valence-electron chi connectivity index (χ0n) is 16.9. The van der Waals surface area contributed by atoms with Crippen molar-refractivity contribution in [1.29, 1.82) is 0 Å². The summed E-state index contributed by atoms with van der Waals surface area (Å²) in [6.07, 6.45) is 1.29. The first-order valence-electron chi connectivity index (χ1n) is 9.64. The molecule has 0 aliphatic carbocycles. The number of benzene rings is 2. The molecular weight excluding hydrogens is 433 g/mol. The Bertz CT molecular complexity index is 1310. The van der Waals surface area contributed by atoms with Crippen molar-refractivity contribution in [3.8, 4) is 11.3 Å². The highest BCUT2D eigenvalue weighted by atomic mass is 19.1. The van der Waals surface area contributed by atoms with Crippen LogP contribution in [-0.4, -0.2) is 40.4 Å². The molecule has 0 spiro atoms. The van der Waals surface area contributed by atoms with Crippen LogP contribution >= 0.6 is 0 Å². The number of hydrogen-bond donors (Lipinski definition) is 3. The van der Waals surface area contributed by atoms with E-state index in [0.29, 0.717) is 16.2 Å². The maximum absolute atomic E-state index is 13.7. The molecule has 0 saturated carbocycles. The lowest BCUT2D eigenvalue weighted by Crippen LogP contribution is -2.38. The van der Waals surface area contributed by atoms with Gasteiger partial charge in [0.15, 0.2) is 0 Å². The standard InChI is InChI=1S/C23H16FN3O6/c24-16-6-1-2-7-17(16)25-20(28)12-27-21(29)18(26-23(27)32)11-15-8-9-19(33-15)13-4-3-5-14(10-13)22(30)31/h1-11H,12H2,(H,25,28)(H,26,32)(H,30,31). The van der Waals surface area contributed by atoms with Crippen LogP contribution in [0.25, 0.3) is 17.4 Å². The molecule has 0 bridgehead atoms. The minimum absolute atomic E-state index is 0.0691. The van der Waals surface area contributed by atoms with E-state index in [4.69, 9.17) is 9.52 Å². The fourth-order valence-electron chi connectivity index (χ4n) is 3.14. The topological polar surface area (TPSA) is 129 Å². The summed E-state index contributed by atoms with van der Waals surface area (Å²) in [5, 5.41) is 13.8. The molecule has 1 aliphatic heterocycles. The van der Waals surface area contributed by atoms with Crippen molar-refractivity contribution in [1.82, 2.24) is 10.2 Å². The number of nitrogens with one attached hydrogen (secondary N) is 2. The number of imide groups is 1. The molecule has 4 rings (SSSR count). The number of furan rings is 1. The van der Waals surface area contributed by atoms with Crippen LogP contribution in [0.1, 0.15) is 16.1 Å². The molecule has 2 aromatic carbocycles. The summed E-state index contributed by atoms with van der Waals surface area (Å²) in [5.41, 5.74) is 0.429. The van der Waals surface area contributed by atoms with E-state index >= 15 is 0 Å². The fraction of sp³-hybridized carbons (Fsp3) is 0.0435. The van der Waals surface area contributed by atoms with Crippen LogP contribution < -0.4 is 10.6 Å². The Morgan fingerprint density at radius 1 is 1.09 bits per heavy atom. The van der Waals surface area contributed by atoms with Crippen LogP contribution in [0.4, 0.5) is 14.9 Å². The quantitative estimate of drug-likeness (QED) is 0.391.